The van der Waals surface area contributed by atoms with E-state index >= 15 is 0 Å². The number of hydrogen-bond donors (Lipinski definition) is 2. The first-order valence-corrected chi connectivity index (χ1v) is 6.54. The summed E-state index contributed by atoms with van der Waals surface area (Å²) in [4.78, 5) is 0. The van der Waals surface area contributed by atoms with E-state index in [0.29, 0.717) is 0 Å². The maximum absolute atomic E-state index is 11.9. The second kappa shape index (κ2) is 8.89. The molecule has 2 rings (SSSR count). The van der Waals surface area contributed by atoms with E-state index in [0.717, 1.165) is 17.8 Å². The van der Waals surface area contributed by atoms with Crippen molar-refractivity contribution in [3.05, 3.63) is 59.7 Å². The summed E-state index contributed by atoms with van der Waals surface area (Å²) in [5.74, 6) is 0. The first-order valence-electron chi connectivity index (χ1n) is 6.54. The number of nitrogens with two attached hydrogens (primary N) is 2. The lowest BCUT2D eigenvalue weighted by atomic mass is 10.2. The maximum atomic E-state index is 11.9. The van der Waals surface area contributed by atoms with Gasteiger partial charge in [0, 0.05) is 11.4 Å². The predicted octanol–water partition coefficient (Wildman–Crippen LogP) is 4.89. The first kappa shape index (κ1) is 18.8. The van der Waals surface area contributed by atoms with Crippen molar-refractivity contribution in [1.29, 1.82) is 0 Å². The lowest BCUT2D eigenvalue weighted by Gasteiger charge is -2.05. The normalized spacial score (nSPS) is 9.81. The van der Waals surface area contributed by atoms with Gasteiger partial charge in [-0.25, -0.2) is 0 Å². The van der Waals surface area contributed by atoms with E-state index in [1.165, 1.54) is 17.7 Å². The van der Waals surface area contributed by atoms with Crippen LogP contribution in [0.2, 0.25) is 0 Å². The van der Waals surface area contributed by atoms with E-state index in [2.05, 4.69) is 0 Å². The summed E-state index contributed by atoms with van der Waals surface area (Å²) in [6.45, 7) is 6.04. The SMILES string of the molecule is CC.Cc1ccc(N)cc1.Nc1cccc(C(F)(F)F)c1. The fraction of sp³-hybridized carbons (Fsp3) is 0.250. The molecule has 0 aliphatic rings. The van der Waals surface area contributed by atoms with Gasteiger partial charge >= 0.3 is 6.18 Å². The van der Waals surface area contributed by atoms with Gasteiger partial charge in [0.25, 0.3) is 0 Å². The number of halogens is 3. The number of nitrogen functional groups attached to an aromatic ring is 2. The second-order valence-corrected chi connectivity index (χ2v) is 4.03. The molecule has 0 aliphatic heterocycles. The molecule has 0 amide bonds. The molecule has 0 saturated heterocycles. The summed E-state index contributed by atoms with van der Waals surface area (Å²) < 4.78 is 35.7. The molecule has 4 N–H and O–H groups in total. The lowest BCUT2D eigenvalue weighted by Crippen LogP contribution is -2.04. The highest BCUT2D eigenvalue weighted by atomic mass is 19.4. The molecule has 0 aromatic heterocycles. The van der Waals surface area contributed by atoms with Crippen LogP contribution in [0.25, 0.3) is 0 Å². The molecule has 0 spiro atoms. The van der Waals surface area contributed by atoms with Gasteiger partial charge in [-0.3, -0.25) is 0 Å². The Labute approximate surface area is 123 Å². The fourth-order valence-electron chi connectivity index (χ4n) is 1.28. The van der Waals surface area contributed by atoms with Crippen LogP contribution in [-0.4, -0.2) is 0 Å². The van der Waals surface area contributed by atoms with Crippen molar-refractivity contribution in [3.8, 4) is 0 Å². The highest BCUT2D eigenvalue weighted by molar-refractivity contribution is 5.41. The van der Waals surface area contributed by atoms with Gasteiger partial charge < -0.3 is 11.5 Å². The van der Waals surface area contributed by atoms with Crippen molar-refractivity contribution in [2.75, 3.05) is 11.5 Å². The molecule has 2 nitrogen and oxygen atoms in total. The molecule has 2 aromatic rings. The van der Waals surface area contributed by atoms with Gasteiger partial charge in [0.15, 0.2) is 0 Å². The molecule has 0 bridgehead atoms. The number of hydrogen-bond acceptors (Lipinski definition) is 2. The molecule has 0 aliphatic carbocycles. The zero-order valence-corrected chi connectivity index (χ0v) is 12.4. The number of benzene rings is 2. The van der Waals surface area contributed by atoms with Crippen molar-refractivity contribution >= 4 is 11.4 Å². The molecule has 21 heavy (non-hydrogen) atoms. The van der Waals surface area contributed by atoms with Crippen LogP contribution in [0.4, 0.5) is 24.5 Å². The first-order chi connectivity index (χ1) is 9.79. The highest BCUT2D eigenvalue weighted by Gasteiger charge is 2.30. The second-order valence-electron chi connectivity index (χ2n) is 4.03. The van der Waals surface area contributed by atoms with Crippen LogP contribution in [0.3, 0.4) is 0 Å². The highest BCUT2D eigenvalue weighted by Crippen LogP contribution is 2.29. The Kier molecular flexibility index (Phi) is 7.97. The summed E-state index contributed by atoms with van der Waals surface area (Å²) >= 11 is 0. The molecule has 5 heteroatoms. The third kappa shape index (κ3) is 7.87. The van der Waals surface area contributed by atoms with E-state index in [1.807, 2.05) is 45.0 Å². The van der Waals surface area contributed by atoms with E-state index in [4.69, 9.17) is 11.5 Å². The maximum Gasteiger partial charge on any atom is 0.416 e. The lowest BCUT2D eigenvalue weighted by molar-refractivity contribution is -0.137. The molecule has 0 radical (unpaired) electrons. The topological polar surface area (TPSA) is 52.0 Å². The van der Waals surface area contributed by atoms with Crippen molar-refractivity contribution in [1.82, 2.24) is 0 Å². The molecular formula is C16H21F3N2. The quantitative estimate of drug-likeness (QED) is 0.680. The summed E-state index contributed by atoms with van der Waals surface area (Å²) in [5.41, 5.74) is 12.1. The van der Waals surface area contributed by atoms with Gasteiger partial charge in [-0.1, -0.05) is 37.6 Å². The molecule has 0 fully saturated rings. The molecular weight excluding hydrogens is 277 g/mol. The molecule has 2 aromatic carbocycles. The summed E-state index contributed by atoms with van der Waals surface area (Å²) in [6.07, 6.45) is -4.30. The van der Waals surface area contributed by atoms with Crippen LogP contribution >= 0.6 is 0 Å². The van der Waals surface area contributed by atoms with E-state index in [-0.39, 0.29) is 5.69 Å². The molecule has 0 saturated carbocycles. The van der Waals surface area contributed by atoms with E-state index in [9.17, 15) is 13.2 Å². The Morgan fingerprint density at radius 3 is 1.67 bits per heavy atom. The summed E-state index contributed by atoms with van der Waals surface area (Å²) in [7, 11) is 0. The van der Waals surface area contributed by atoms with Crippen molar-refractivity contribution < 1.29 is 13.2 Å². The average molecular weight is 298 g/mol. The Bertz CT molecular complexity index is 499. The largest absolute Gasteiger partial charge is 0.416 e. The molecule has 0 atom stereocenters. The number of alkyl halides is 3. The molecule has 0 heterocycles. The van der Waals surface area contributed by atoms with Crippen LogP contribution in [0.5, 0.6) is 0 Å². The Morgan fingerprint density at radius 1 is 0.810 bits per heavy atom. The predicted molar refractivity (Wildman–Crippen MR) is 82.8 cm³/mol. The van der Waals surface area contributed by atoms with Crippen LogP contribution in [0.15, 0.2) is 48.5 Å². The minimum atomic E-state index is -4.30. The van der Waals surface area contributed by atoms with Crippen molar-refractivity contribution in [3.63, 3.8) is 0 Å². The minimum Gasteiger partial charge on any atom is -0.399 e. The zero-order chi connectivity index (χ0) is 16.5. The Balaban J connectivity index is 0.000000354. The van der Waals surface area contributed by atoms with Crippen LogP contribution < -0.4 is 11.5 Å². The monoisotopic (exact) mass is 298 g/mol. The summed E-state index contributed by atoms with van der Waals surface area (Å²) in [5, 5.41) is 0. The van der Waals surface area contributed by atoms with Gasteiger partial charge in [-0.15, -0.1) is 0 Å². The van der Waals surface area contributed by atoms with Gasteiger partial charge in [-0.05, 0) is 37.3 Å². The zero-order valence-electron chi connectivity index (χ0n) is 12.4. The fourth-order valence-corrected chi connectivity index (χ4v) is 1.28. The van der Waals surface area contributed by atoms with E-state index in [1.54, 1.807) is 0 Å². The Hall–Kier alpha value is -2.17. The molecule has 116 valence electrons. The van der Waals surface area contributed by atoms with Crippen molar-refractivity contribution in [2.45, 2.75) is 26.9 Å². The van der Waals surface area contributed by atoms with Crippen molar-refractivity contribution in [2.24, 2.45) is 0 Å². The average Bonchev–Trinajstić information content (AvgIpc) is 2.44. The van der Waals surface area contributed by atoms with Gasteiger partial charge in [-0.2, -0.15) is 13.2 Å². The Morgan fingerprint density at radius 2 is 1.33 bits per heavy atom. The van der Waals surface area contributed by atoms with Gasteiger partial charge in [0.2, 0.25) is 0 Å². The van der Waals surface area contributed by atoms with Gasteiger partial charge in [0.05, 0.1) is 5.56 Å². The minimum absolute atomic E-state index is 0.125. The standard InChI is InChI=1S/C7H6F3N.C7H9N.C2H6/c8-7(9,10)5-2-1-3-6(11)4-5;1-6-2-4-7(8)5-3-6;1-2/h1-4H,11H2;2-5H,8H2,1H3;1-2H3. The third-order valence-electron chi connectivity index (χ3n) is 2.29. The van der Waals surface area contributed by atoms with E-state index < -0.39 is 11.7 Å². The summed E-state index contributed by atoms with van der Waals surface area (Å²) in [6, 6.07) is 12.4. The van der Waals surface area contributed by atoms with Crippen LogP contribution in [0, 0.1) is 6.92 Å². The number of rotatable bonds is 0. The molecule has 0 unspecified atom stereocenters. The van der Waals surface area contributed by atoms with Crippen LogP contribution in [0.1, 0.15) is 25.0 Å². The smallest absolute Gasteiger partial charge is 0.399 e. The van der Waals surface area contributed by atoms with Gasteiger partial charge in [0.1, 0.15) is 0 Å². The third-order valence-corrected chi connectivity index (χ3v) is 2.29. The number of anilines is 2. The number of aryl methyl sites for hydroxylation is 1. The van der Waals surface area contributed by atoms with Crippen LogP contribution in [-0.2, 0) is 6.18 Å².